The maximum absolute atomic E-state index is 10.6. The number of aliphatic hydroxyl groups is 1. The lowest BCUT2D eigenvalue weighted by Gasteiger charge is -2.08. The van der Waals surface area contributed by atoms with Crippen molar-refractivity contribution < 1.29 is 18.1 Å². The fourth-order valence-corrected chi connectivity index (χ4v) is 3.55. The van der Waals surface area contributed by atoms with Gasteiger partial charge in [0.05, 0.1) is 6.10 Å². The van der Waals surface area contributed by atoms with E-state index in [9.17, 15) is 13.5 Å². The van der Waals surface area contributed by atoms with Gasteiger partial charge in [0.25, 0.3) is 10.1 Å². The number of hydrogen-bond acceptors (Lipinski definition) is 3. The maximum Gasteiger partial charge on any atom is 0.267 e. The van der Waals surface area contributed by atoms with Crippen LogP contribution in [0.1, 0.15) is 103 Å². The molecular formula is C18H38O4S. The number of aliphatic hydroxyl groups excluding tert-OH is 1. The third-order valence-electron chi connectivity index (χ3n) is 4.29. The van der Waals surface area contributed by atoms with Gasteiger partial charge < -0.3 is 5.11 Å². The Morgan fingerprint density at radius 1 is 0.696 bits per heavy atom. The predicted molar refractivity (Wildman–Crippen MR) is 97.4 cm³/mol. The Morgan fingerprint density at radius 3 is 1.39 bits per heavy atom. The van der Waals surface area contributed by atoms with Gasteiger partial charge in [0.1, 0.15) is 5.75 Å². The van der Waals surface area contributed by atoms with Gasteiger partial charge in [0.2, 0.25) is 0 Å². The Labute approximate surface area is 143 Å². The summed E-state index contributed by atoms with van der Waals surface area (Å²) in [5.41, 5.74) is 0. The largest absolute Gasteiger partial charge is 0.392 e. The molecule has 0 aliphatic rings. The van der Waals surface area contributed by atoms with Gasteiger partial charge in [0.15, 0.2) is 0 Å². The first kappa shape index (κ1) is 22.9. The van der Waals surface area contributed by atoms with Crippen LogP contribution in [0.5, 0.6) is 0 Å². The Hall–Kier alpha value is -0.130. The van der Waals surface area contributed by atoms with E-state index in [0.29, 0.717) is 6.42 Å². The standard InChI is InChI=1S/C18H38O4S/c1-2-3-4-5-6-7-8-9-10-11-12-13-14-15-16-18(19)17-23(20,21)22/h18-19H,2-17H2,1H3,(H,20,21,22)/t18-/m0/s1. The lowest BCUT2D eigenvalue weighted by molar-refractivity contribution is 0.180. The first-order valence-corrected chi connectivity index (χ1v) is 11.2. The molecule has 2 N–H and O–H groups in total. The second-order valence-electron chi connectivity index (χ2n) is 6.79. The van der Waals surface area contributed by atoms with Gasteiger partial charge in [-0.15, -0.1) is 0 Å². The highest BCUT2D eigenvalue weighted by atomic mass is 32.2. The molecule has 0 aliphatic heterocycles. The summed E-state index contributed by atoms with van der Waals surface area (Å²) in [5, 5.41) is 9.44. The van der Waals surface area contributed by atoms with Gasteiger partial charge in [-0.25, -0.2) is 0 Å². The Bertz CT molecular complexity index is 341. The summed E-state index contributed by atoms with van der Waals surface area (Å²) in [6.07, 6.45) is 17.4. The van der Waals surface area contributed by atoms with E-state index in [1.165, 1.54) is 70.6 Å². The minimum absolute atomic E-state index is 0.456. The van der Waals surface area contributed by atoms with E-state index >= 15 is 0 Å². The van der Waals surface area contributed by atoms with Crippen LogP contribution in [0.4, 0.5) is 0 Å². The fourth-order valence-electron chi connectivity index (χ4n) is 2.90. The van der Waals surface area contributed by atoms with E-state index in [2.05, 4.69) is 6.92 Å². The molecule has 4 nitrogen and oxygen atoms in total. The van der Waals surface area contributed by atoms with Crippen LogP contribution in [-0.4, -0.2) is 29.9 Å². The first-order chi connectivity index (χ1) is 11.0. The summed E-state index contributed by atoms with van der Waals surface area (Å²) in [5.74, 6) is -0.536. The zero-order valence-corrected chi connectivity index (χ0v) is 15.8. The van der Waals surface area contributed by atoms with Crippen molar-refractivity contribution in [2.24, 2.45) is 0 Å². The average Bonchev–Trinajstić information content (AvgIpc) is 2.46. The monoisotopic (exact) mass is 350 g/mol. The van der Waals surface area contributed by atoms with E-state index in [1.54, 1.807) is 0 Å². The minimum atomic E-state index is -4.04. The molecule has 23 heavy (non-hydrogen) atoms. The molecule has 0 aromatic rings. The molecule has 0 rings (SSSR count). The van der Waals surface area contributed by atoms with Crippen molar-refractivity contribution >= 4 is 10.1 Å². The zero-order valence-electron chi connectivity index (χ0n) is 15.0. The average molecular weight is 351 g/mol. The van der Waals surface area contributed by atoms with Crippen molar-refractivity contribution in [3.8, 4) is 0 Å². The smallest absolute Gasteiger partial charge is 0.267 e. The van der Waals surface area contributed by atoms with Crippen LogP contribution in [0.2, 0.25) is 0 Å². The topological polar surface area (TPSA) is 74.6 Å². The van der Waals surface area contributed by atoms with E-state index in [0.717, 1.165) is 19.3 Å². The van der Waals surface area contributed by atoms with Crippen molar-refractivity contribution in [1.29, 1.82) is 0 Å². The van der Waals surface area contributed by atoms with Crippen LogP contribution in [-0.2, 0) is 10.1 Å². The molecule has 0 aromatic heterocycles. The molecule has 1 atom stereocenters. The second kappa shape index (κ2) is 15.4. The van der Waals surface area contributed by atoms with Gasteiger partial charge >= 0.3 is 0 Å². The number of hydrogen-bond donors (Lipinski definition) is 2. The SMILES string of the molecule is CCCCCCCCCCCCCCCC[C@H](O)CS(=O)(=O)O. The molecule has 0 saturated carbocycles. The molecule has 0 heterocycles. The highest BCUT2D eigenvalue weighted by Gasteiger charge is 2.13. The second-order valence-corrected chi connectivity index (χ2v) is 8.28. The summed E-state index contributed by atoms with van der Waals surface area (Å²) in [7, 11) is -4.04. The molecule has 140 valence electrons. The Kier molecular flexibility index (Phi) is 15.3. The molecule has 0 aromatic carbocycles. The molecule has 5 heteroatoms. The minimum Gasteiger partial charge on any atom is -0.392 e. The normalized spacial score (nSPS) is 13.3. The molecule has 0 radical (unpaired) electrons. The van der Waals surface area contributed by atoms with Gasteiger partial charge in [-0.2, -0.15) is 8.42 Å². The highest BCUT2D eigenvalue weighted by Crippen LogP contribution is 2.13. The molecule has 0 spiro atoms. The quantitative estimate of drug-likeness (QED) is 0.282. The molecule has 0 fully saturated rings. The van der Waals surface area contributed by atoms with E-state index in [-0.39, 0.29) is 0 Å². The number of rotatable bonds is 17. The Balaban J connectivity index is 3.16. The van der Waals surface area contributed by atoms with E-state index in [1.807, 2.05) is 0 Å². The van der Waals surface area contributed by atoms with Crippen LogP contribution >= 0.6 is 0 Å². The molecule has 0 bridgehead atoms. The first-order valence-electron chi connectivity index (χ1n) is 9.59. The van der Waals surface area contributed by atoms with Gasteiger partial charge in [-0.3, -0.25) is 4.55 Å². The highest BCUT2D eigenvalue weighted by molar-refractivity contribution is 7.85. The lowest BCUT2D eigenvalue weighted by atomic mass is 10.0. The molecule has 0 aliphatic carbocycles. The summed E-state index contributed by atoms with van der Waals surface area (Å²) in [6.45, 7) is 2.25. The van der Waals surface area contributed by atoms with Gasteiger partial charge in [-0.05, 0) is 6.42 Å². The lowest BCUT2D eigenvalue weighted by Crippen LogP contribution is -2.19. The van der Waals surface area contributed by atoms with Crippen molar-refractivity contribution in [1.82, 2.24) is 0 Å². The van der Waals surface area contributed by atoms with Crippen molar-refractivity contribution in [2.45, 2.75) is 109 Å². The van der Waals surface area contributed by atoms with Crippen LogP contribution in [0.15, 0.2) is 0 Å². The van der Waals surface area contributed by atoms with Crippen molar-refractivity contribution in [2.75, 3.05) is 5.75 Å². The molecular weight excluding hydrogens is 312 g/mol. The fraction of sp³-hybridized carbons (Fsp3) is 1.00. The zero-order chi connectivity index (χ0) is 17.4. The van der Waals surface area contributed by atoms with Crippen LogP contribution in [0.3, 0.4) is 0 Å². The third-order valence-corrected chi connectivity index (χ3v) is 5.10. The van der Waals surface area contributed by atoms with Crippen LogP contribution in [0.25, 0.3) is 0 Å². The van der Waals surface area contributed by atoms with E-state index < -0.39 is 22.0 Å². The summed E-state index contributed by atoms with van der Waals surface area (Å²) < 4.78 is 29.8. The summed E-state index contributed by atoms with van der Waals surface area (Å²) in [4.78, 5) is 0. The molecule has 0 amide bonds. The number of unbranched alkanes of at least 4 members (excludes halogenated alkanes) is 13. The van der Waals surface area contributed by atoms with Crippen molar-refractivity contribution in [3.05, 3.63) is 0 Å². The van der Waals surface area contributed by atoms with E-state index in [4.69, 9.17) is 4.55 Å². The molecule has 0 saturated heterocycles. The third kappa shape index (κ3) is 19.8. The summed E-state index contributed by atoms with van der Waals surface area (Å²) >= 11 is 0. The maximum atomic E-state index is 10.6. The Morgan fingerprint density at radius 2 is 1.04 bits per heavy atom. The summed E-state index contributed by atoms with van der Waals surface area (Å²) in [6, 6.07) is 0. The van der Waals surface area contributed by atoms with Gasteiger partial charge in [0, 0.05) is 0 Å². The predicted octanol–water partition coefficient (Wildman–Crippen LogP) is 5.11. The van der Waals surface area contributed by atoms with Crippen LogP contribution in [0, 0.1) is 0 Å². The van der Waals surface area contributed by atoms with Crippen molar-refractivity contribution in [3.63, 3.8) is 0 Å². The van der Waals surface area contributed by atoms with Crippen LogP contribution < -0.4 is 0 Å². The van der Waals surface area contributed by atoms with Gasteiger partial charge in [-0.1, -0.05) is 96.8 Å². The molecule has 0 unspecified atom stereocenters.